The number of unbranched alkanes of at least 4 members (excludes halogenated alkanes) is 15. The molecule has 0 aliphatic carbocycles. The third-order valence-electron chi connectivity index (χ3n) is 5.93. The van der Waals surface area contributed by atoms with Gasteiger partial charge in [-0.05, 0) is 25.0 Å². The number of halogens is 2. The van der Waals surface area contributed by atoms with Gasteiger partial charge in [0.15, 0.2) is 0 Å². The van der Waals surface area contributed by atoms with Gasteiger partial charge >= 0.3 is 0 Å². The molecule has 0 N–H and O–H groups in total. The number of rotatable bonds is 21. The Labute approximate surface area is 227 Å². The van der Waals surface area contributed by atoms with Crippen LogP contribution in [0.15, 0.2) is 25.3 Å². The Kier molecular flexibility index (Phi) is 34.7. The van der Waals surface area contributed by atoms with E-state index in [0.717, 1.165) is 22.1 Å². The SMILES string of the molecule is C=CC[N+](C)(C)CC=C.CCCCCCCCCCCCCCCCCC[N+](C)(C)C.[Br-].[Cl-]. The molecule has 0 aromatic heterocycles. The number of hydrogen-bond donors (Lipinski definition) is 0. The van der Waals surface area contributed by atoms with E-state index in [1.165, 1.54) is 109 Å². The molecule has 0 aliphatic heterocycles. The van der Waals surface area contributed by atoms with Crippen LogP contribution in [0.2, 0.25) is 0 Å². The van der Waals surface area contributed by atoms with Crippen molar-refractivity contribution in [1.29, 1.82) is 0 Å². The van der Waals surface area contributed by atoms with Crippen LogP contribution < -0.4 is 29.4 Å². The van der Waals surface area contributed by atoms with Crippen LogP contribution in [0, 0.1) is 0 Å². The number of nitrogens with zero attached hydrogens (tertiary/aromatic N) is 2. The van der Waals surface area contributed by atoms with E-state index < -0.39 is 0 Å². The molecule has 0 radical (unpaired) electrons. The summed E-state index contributed by atoms with van der Waals surface area (Å²) in [6, 6.07) is 0. The normalized spacial score (nSPS) is 11.0. The van der Waals surface area contributed by atoms with Gasteiger partial charge < -0.3 is 38.4 Å². The van der Waals surface area contributed by atoms with Crippen molar-refractivity contribution >= 4 is 0 Å². The molecule has 0 saturated heterocycles. The number of hydrogen-bond acceptors (Lipinski definition) is 0. The fourth-order valence-corrected chi connectivity index (χ4v) is 3.91. The van der Waals surface area contributed by atoms with Gasteiger partial charge in [-0.15, -0.1) is 0 Å². The lowest BCUT2D eigenvalue weighted by Crippen LogP contribution is -3.00. The van der Waals surface area contributed by atoms with Crippen LogP contribution in [-0.4, -0.2) is 63.8 Å². The van der Waals surface area contributed by atoms with Crippen LogP contribution in [0.3, 0.4) is 0 Å². The van der Waals surface area contributed by atoms with Crippen molar-refractivity contribution in [1.82, 2.24) is 0 Å². The summed E-state index contributed by atoms with van der Waals surface area (Å²) >= 11 is 0. The first-order chi connectivity index (χ1) is 14.7. The Morgan fingerprint density at radius 1 is 0.515 bits per heavy atom. The molecule has 0 bridgehead atoms. The van der Waals surface area contributed by atoms with Gasteiger partial charge in [-0.25, -0.2) is 0 Å². The molecule has 0 atom stereocenters. The van der Waals surface area contributed by atoms with Gasteiger partial charge in [-0.2, -0.15) is 0 Å². The zero-order valence-electron chi connectivity index (χ0n) is 23.7. The van der Waals surface area contributed by atoms with Crippen LogP contribution in [-0.2, 0) is 0 Å². The lowest BCUT2D eigenvalue weighted by atomic mass is 10.0. The standard InChI is InChI=1S/C21H46N.C8H16N.BrH.ClH/c1-5-6-7-8-9-10-11-12-13-14-15-16-17-18-19-20-21-22(2,3)4;1-5-7-9(3,4)8-6-2;;/h5-21H2,1-4H3;5-6H,1-2,7-8H2,3-4H3;2*1H/q2*+1;;/p-2. The molecule has 0 fully saturated rings. The van der Waals surface area contributed by atoms with Crippen LogP contribution in [0.25, 0.3) is 0 Å². The Bertz CT molecular complexity index is 380. The van der Waals surface area contributed by atoms with Crippen LogP contribution in [0.4, 0.5) is 0 Å². The van der Waals surface area contributed by atoms with Crippen molar-refractivity contribution in [3.8, 4) is 0 Å². The van der Waals surface area contributed by atoms with E-state index in [9.17, 15) is 0 Å². The second kappa shape index (κ2) is 28.4. The van der Waals surface area contributed by atoms with Crippen molar-refractivity contribution in [2.45, 2.75) is 110 Å². The molecule has 202 valence electrons. The monoisotopic (exact) mass is 552 g/mol. The molecule has 2 nitrogen and oxygen atoms in total. The third-order valence-corrected chi connectivity index (χ3v) is 5.93. The van der Waals surface area contributed by atoms with E-state index in [0.29, 0.717) is 0 Å². The molecule has 0 spiro atoms. The summed E-state index contributed by atoms with van der Waals surface area (Å²) in [4.78, 5) is 0. The van der Waals surface area contributed by atoms with Crippen molar-refractivity contribution in [2.75, 3.05) is 54.9 Å². The quantitative estimate of drug-likeness (QED) is 0.116. The molecule has 0 saturated carbocycles. The summed E-state index contributed by atoms with van der Waals surface area (Å²) in [6.07, 6.45) is 27.2. The van der Waals surface area contributed by atoms with E-state index in [-0.39, 0.29) is 29.4 Å². The fourth-order valence-electron chi connectivity index (χ4n) is 3.91. The molecule has 0 amide bonds. The molecule has 33 heavy (non-hydrogen) atoms. The van der Waals surface area contributed by atoms with Gasteiger partial charge in [0.05, 0.1) is 54.9 Å². The van der Waals surface area contributed by atoms with Gasteiger partial charge in [0.25, 0.3) is 0 Å². The maximum atomic E-state index is 3.68. The summed E-state index contributed by atoms with van der Waals surface area (Å²) in [5.41, 5.74) is 0. The second-order valence-electron chi connectivity index (χ2n) is 11.2. The Morgan fingerprint density at radius 3 is 1.03 bits per heavy atom. The van der Waals surface area contributed by atoms with Crippen molar-refractivity contribution in [2.24, 2.45) is 0 Å². The van der Waals surface area contributed by atoms with Crippen LogP contribution in [0.1, 0.15) is 110 Å². The zero-order chi connectivity index (χ0) is 23.8. The van der Waals surface area contributed by atoms with Gasteiger partial charge in [-0.1, -0.05) is 110 Å². The minimum absolute atomic E-state index is 0. The Balaban J connectivity index is -0.000000325. The van der Waals surface area contributed by atoms with Gasteiger partial charge in [0.1, 0.15) is 0 Å². The maximum Gasteiger partial charge on any atom is 0.0969 e. The van der Waals surface area contributed by atoms with E-state index >= 15 is 0 Å². The Hall–Kier alpha value is 0.170. The van der Waals surface area contributed by atoms with Gasteiger partial charge in [0, 0.05) is 0 Å². The summed E-state index contributed by atoms with van der Waals surface area (Å²) < 4.78 is 2.08. The fraction of sp³-hybridized carbons (Fsp3) is 0.862. The predicted octanol–water partition coefficient (Wildman–Crippen LogP) is 2.40. The van der Waals surface area contributed by atoms with Crippen molar-refractivity contribution < 1.29 is 38.4 Å². The molecular weight excluding hydrogens is 492 g/mol. The highest BCUT2D eigenvalue weighted by Crippen LogP contribution is 2.13. The smallest absolute Gasteiger partial charge is 0.0969 e. The highest BCUT2D eigenvalue weighted by Gasteiger charge is 2.08. The lowest BCUT2D eigenvalue weighted by Gasteiger charge is -2.26. The van der Waals surface area contributed by atoms with E-state index in [2.05, 4.69) is 55.3 Å². The van der Waals surface area contributed by atoms with E-state index in [4.69, 9.17) is 0 Å². The molecular formula is C29H62BrClN2. The summed E-state index contributed by atoms with van der Waals surface area (Å²) in [5, 5.41) is 0. The first-order valence-corrected chi connectivity index (χ1v) is 13.5. The third kappa shape index (κ3) is 39.7. The highest BCUT2D eigenvalue weighted by molar-refractivity contribution is 4.69. The summed E-state index contributed by atoms with van der Waals surface area (Å²) in [5.74, 6) is 0. The minimum Gasteiger partial charge on any atom is -1.00 e. The molecule has 0 aliphatic rings. The van der Waals surface area contributed by atoms with Crippen LogP contribution >= 0.6 is 0 Å². The van der Waals surface area contributed by atoms with E-state index in [1.54, 1.807) is 0 Å². The molecule has 0 heterocycles. The van der Waals surface area contributed by atoms with E-state index in [1.807, 2.05) is 12.2 Å². The molecule has 0 rings (SSSR count). The number of likely N-dealkylation sites (N-methyl/N-ethyl adjacent to an activating group) is 1. The number of quaternary nitrogens is 2. The van der Waals surface area contributed by atoms with Gasteiger partial charge in [0.2, 0.25) is 0 Å². The second-order valence-corrected chi connectivity index (χ2v) is 11.2. The van der Waals surface area contributed by atoms with Crippen LogP contribution in [0.5, 0.6) is 0 Å². The maximum absolute atomic E-state index is 3.68. The summed E-state index contributed by atoms with van der Waals surface area (Å²) in [6.45, 7) is 13.0. The van der Waals surface area contributed by atoms with Gasteiger partial charge in [-0.3, -0.25) is 0 Å². The minimum atomic E-state index is 0. The molecule has 0 unspecified atom stereocenters. The van der Waals surface area contributed by atoms with Crippen molar-refractivity contribution in [3.63, 3.8) is 0 Å². The average molecular weight is 554 g/mol. The zero-order valence-corrected chi connectivity index (χ0v) is 26.0. The molecule has 4 heteroatoms. The predicted molar refractivity (Wildman–Crippen MR) is 145 cm³/mol. The Morgan fingerprint density at radius 2 is 0.788 bits per heavy atom. The first-order valence-electron chi connectivity index (χ1n) is 13.5. The topological polar surface area (TPSA) is 0 Å². The largest absolute Gasteiger partial charge is 1.00 e. The van der Waals surface area contributed by atoms with Crippen molar-refractivity contribution in [3.05, 3.63) is 25.3 Å². The molecule has 0 aromatic rings. The molecule has 0 aromatic carbocycles. The summed E-state index contributed by atoms with van der Waals surface area (Å²) in [7, 11) is 11.2. The average Bonchev–Trinajstić information content (AvgIpc) is 2.67. The first kappa shape index (κ1) is 40.3. The highest BCUT2D eigenvalue weighted by atomic mass is 79.9. The lowest BCUT2D eigenvalue weighted by molar-refractivity contribution is -0.878.